The number of nitrogens with one attached hydrogen (secondary N) is 2. The molecule has 2 saturated heterocycles. The van der Waals surface area contributed by atoms with Crippen molar-refractivity contribution in [3.8, 4) is 0 Å². The third-order valence-corrected chi connectivity index (χ3v) is 10.1. The fraction of sp³-hybridized carbons (Fsp3) is 0.467. The lowest BCUT2D eigenvalue weighted by molar-refractivity contribution is 0.409. The molecule has 0 aromatic heterocycles. The quantitative estimate of drug-likeness (QED) is 0.361. The highest BCUT2D eigenvalue weighted by Crippen LogP contribution is 2.36. The van der Waals surface area contributed by atoms with Crippen LogP contribution in [-0.4, -0.2) is 31.8 Å². The summed E-state index contributed by atoms with van der Waals surface area (Å²) in [6.07, 6.45) is 6.59. The van der Waals surface area contributed by atoms with Gasteiger partial charge in [0.1, 0.15) is 0 Å². The summed E-state index contributed by atoms with van der Waals surface area (Å²) < 4.78 is 27.6. The zero-order chi connectivity index (χ0) is 24.4. The molecule has 3 aromatic carbocycles. The number of rotatable bonds is 10. The van der Waals surface area contributed by atoms with E-state index < -0.39 is 15.1 Å². The van der Waals surface area contributed by atoms with E-state index in [0.29, 0.717) is 11.4 Å². The van der Waals surface area contributed by atoms with Crippen LogP contribution in [0.2, 0.25) is 0 Å². The molecule has 0 aliphatic carbocycles. The Kier molecular flexibility index (Phi) is 7.29. The highest BCUT2D eigenvalue weighted by molar-refractivity contribution is 7.92. The van der Waals surface area contributed by atoms with E-state index in [9.17, 15) is 8.42 Å². The summed E-state index contributed by atoms with van der Waals surface area (Å²) in [7, 11) is -3.44. The Morgan fingerprint density at radius 1 is 0.886 bits per heavy atom. The van der Waals surface area contributed by atoms with Gasteiger partial charge in [0.2, 0.25) is 0 Å². The van der Waals surface area contributed by atoms with Gasteiger partial charge in [-0.15, -0.1) is 0 Å². The van der Waals surface area contributed by atoms with E-state index in [0.717, 1.165) is 31.6 Å². The molecule has 2 aliphatic heterocycles. The highest BCUT2D eigenvalue weighted by atomic mass is 32.2. The first kappa shape index (κ1) is 24.5. The molecule has 186 valence electrons. The predicted octanol–water partition coefficient (Wildman–Crippen LogP) is 5.64. The minimum Gasteiger partial charge on any atom is -0.308 e. The van der Waals surface area contributed by atoms with Crippen molar-refractivity contribution < 1.29 is 8.42 Å². The minimum absolute atomic E-state index is 0.0230. The molecule has 3 aromatic rings. The molecule has 35 heavy (non-hydrogen) atoms. The van der Waals surface area contributed by atoms with Gasteiger partial charge in [0.05, 0.1) is 10.1 Å². The Labute approximate surface area is 210 Å². The molecule has 4 unspecified atom stereocenters. The molecule has 2 aliphatic rings. The molecule has 4 atom stereocenters. The lowest BCUT2D eigenvalue weighted by Crippen LogP contribution is -2.50. The number of hydrogen-bond donors (Lipinski definition) is 2. The third kappa shape index (κ3) is 5.32. The van der Waals surface area contributed by atoms with Crippen LogP contribution in [0.5, 0.6) is 0 Å². The normalized spacial score (nSPS) is 24.0. The molecule has 5 heteroatoms. The van der Waals surface area contributed by atoms with E-state index in [4.69, 9.17) is 0 Å². The minimum atomic E-state index is -3.44. The number of aryl methyl sites for hydroxylation is 1. The van der Waals surface area contributed by atoms with Gasteiger partial charge < -0.3 is 10.6 Å². The second-order valence-electron chi connectivity index (χ2n) is 10.8. The summed E-state index contributed by atoms with van der Waals surface area (Å²) in [6.45, 7) is 5.18. The van der Waals surface area contributed by atoms with Crippen LogP contribution in [0.15, 0.2) is 71.6 Å². The van der Waals surface area contributed by atoms with Crippen LogP contribution in [0.1, 0.15) is 57.1 Å². The lowest BCUT2D eigenvalue weighted by Gasteiger charge is -2.30. The van der Waals surface area contributed by atoms with E-state index in [-0.39, 0.29) is 18.1 Å². The van der Waals surface area contributed by atoms with E-state index in [2.05, 4.69) is 66.9 Å². The van der Waals surface area contributed by atoms with Crippen molar-refractivity contribution in [1.29, 1.82) is 0 Å². The molecule has 2 bridgehead atoms. The first-order chi connectivity index (χ1) is 16.9. The average Bonchev–Trinajstić information content (AvgIpc) is 3.47. The molecule has 2 heterocycles. The van der Waals surface area contributed by atoms with Crippen LogP contribution in [0.3, 0.4) is 0 Å². The van der Waals surface area contributed by atoms with Crippen LogP contribution < -0.4 is 10.6 Å². The van der Waals surface area contributed by atoms with Gasteiger partial charge in [-0.2, -0.15) is 0 Å². The average molecular weight is 491 g/mol. The highest BCUT2D eigenvalue weighted by Gasteiger charge is 2.53. The van der Waals surface area contributed by atoms with E-state index >= 15 is 0 Å². The maximum atomic E-state index is 13.8. The van der Waals surface area contributed by atoms with Crippen molar-refractivity contribution in [2.24, 2.45) is 5.92 Å². The van der Waals surface area contributed by atoms with Crippen LogP contribution in [0.4, 0.5) is 0 Å². The second-order valence-corrected chi connectivity index (χ2v) is 12.9. The third-order valence-electron chi connectivity index (χ3n) is 7.86. The molecular weight excluding hydrogens is 452 g/mol. The summed E-state index contributed by atoms with van der Waals surface area (Å²) in [5, 5.41) is 9.22. The van der Waals surface area contributed by atoms with Gasteiger partial charge in [-0.3, -0.25) is 0 Å². The molecule has 0 spiro atoms. The molecule has 5 rings (SSSR count). The summed E-state index contributed by atoms with van der Waals surface area (Å²) in [4.78, 5) is 0.459. The number of unbranched alkanes of at least 4 members (excludes halogenated alkanes) is 1. The molecule has 4 nitrogen and oxygen atoms in total. The zero-order valence-electron chi connectivity index (χ0n) is 20.9. The molecule has 0 saturated carbocycles. The Morgan fingerprint density at radius 2 is 1.60 bits per heavy atom. The van der Waals surface area contributed by atoms with Crippen molar-refractivity contribution in [3.05, 3.63) is 77.9 Å². The Morgan fingerprint density at radius 3 is 2.37 bits per heavy atom. The van der Waals surface area contributed by atoms with E-state index in [1.807, 2.05) is 24.3 Å². The maximum absolute atomic E-state index is 13.8. The number of fused-ring (bicyclic) bond motifs is 3. The monoisotopic (exact) mass is 490 g/mol. The molecule has 2 fully saturated rings. The predicted molar refractivity (Wildman–Crippen MR) is 144 cm³/mol. The van der Waals surface area contributed by atoms with E-state index in [1.54, 1.807) is 0 Å². The van der Waals surface area contributed by atoms with Crippen molar-refractivity contribution >= 4 is 20.6 Å². The molecule has 0 radical (unpaired) electrons. The van der Waals surface area contributed by atoms with Crippen molar-refractivity contribution in [2.75, 3.05) is 0 Å². The van der Waals surface area contributed by atoms with E-state index in [1.165, 1.54) is 34.7 Å². The van der Waals surface area contributed by atoms with Gasteiger partial charge in [0, 0.05) is 24.7 Å². The van der Waals surface area contributed by atoms with Crippen molar-refractivity contribution in [2.45, 2.75) is 87.2 Å². The summed E-state index contributed by atoms with van der Waals surface area (Å²) in [6, 6.07) is 22.7. The summed E-state index contributed by atoms with van der Waals surface area (Å²) >= 11 is 0. The van der Waals surface area contributed by atoms with Gasteiger partial charge in [-0.25, -0.2) is 8.42 Å². The topological polar surface area (TPSA) is 58.2 Å². The number of hydrogen-bond acceptors (Lipinski definition) is 4. The summed E-state index contributed by atoms with van der Waals surface area (Å²) in [5.41, 5.74) is 2.41. The first-order valence-electron chi connectivity index (χ1n) is 13.2. The Hall–Kier alpha value is -2.21. The smallest absolute Gasteiger partial charge is 0.184 e. The van der Waals surface area contributed by atoms with Gasteiger partial charge in [0.25, 0.3) is 0 Å². The molecule has 0 amide bonds. The van der Waals surface area contributed by atoms with Crippen LogP contribution in [-0.2, 0) is 22.8 Å². The lowest BCUT2D eigenvalue weighted by atomic mass is 9.94. The number of sulfone groups is 1. The van der Waals surface area contributed by atoms with Crippen molar-refractivity contribution in [3.63, 3.8) is 0 Å². The SMILES string of the molecule is CC(C)CCCCc1ccc(S(=O)(=O)C2C3CCC(N3)C2NCc2ccc3ccccc3c2)cc1. The summed E-state index contributed by atoms with van der Waals surface area (Å²) in [5.74, 6) is 0.737. The largest absolute Gasteiger partial charge is 0.308 e. The Bertz CT molecular complexity index is 1250. The van der Waals surface area contributed by atoms with Crippen molar-refractivity contribution in [1.82, 2.24) is 10.6 Å². The van der Waals surface area contributed by atoms with Gasteiger partial charge in [-0.05, 0) is 71.7 Å². The zero-order valence-corrected chi connectivity index (χ0v) is 21.7. The van der Waals surface area contributed by atoms with Crippen LogP contribution in [0, 0.1) is 5.92 Å². The fourth-order valence-corrected chi connectivity index (χ4v) is 8.11. The maximum Gasteiger partial charge on any atom is 0.184 e. The standard InChI is InChI=1S/C30H38N2O2S/c1-21(2)7-3-4-8-22-12-15-26(16-13-22)35(33,34)30-28-18-17-27(32-28)29(30)31-20-23-11-14-24-9-5-6-10-25(24)19-23/h5-6,9-16,19,21,27-32H,3-4,7-8,17-18,20H2,1-2H3. The number of benzene rings is 3. The Balaban J connectivity index is 1.28. The first-order valence-corrected chi connectivity index (χ1v) is 14.8. The van der Waals surface area contributed by atoms with Gasteiger partial charge >= 0.3 is 0 Å². The second kappa shape index (κ2) is 10.4. The van der Waals surface area contributed by atoms with Gasteiger partial charge in [0.15, 0.2) is 9.84 Å². The van der Waals surface area contributed by atoms with Gasteiger partial charge in [-0.1, -0.05) is 75.2 Å². The fourth-order valence-electron chi connectivity index (χ4n) is 5.96. The van der Waals surface area contributed by atoms with Crippen LogP contribution >= 0.6 is 0 Å². The molecule has 2 N–H and O–H groups in total. The van der Waals surface area contributed by atoms with Crippen LogP contribution in [0.25, 0.3) is 10.8 Å². The molecular formula is C30H38N2O2S.